The van der Waals surface area contributed by atoms with Gasteiger partial charge in [-0.1, -0.05) is 18.2 Å². The molecule has 0 unspecified atom stereocenters. The average Bonchev–Trinajstić information content (AvgIpc) is 2.86. The zero-order chi connectivity index (χ0) is 23.7. The largest absolute Gasteiger partial charge is 0.496 e. The van der Waals surface area contributed by atoms with Crippen LogP contribution < -0.4 is 15.0 Å². The van der Waals surface area contributed by atoms with Crippen molar-refractivity contribution in [2.75, 3.05) is 58.5 Å². The predicted molar refractivity (Wildman–Crippen MR) is 128 cm³/mol. The van der Waals surface area contributed by atoms with Gasteiger partial charge >= 0.3 is 0 Å². The summed E-state index contributed by atoms with van der Waals surface area (Å²) in [6.45, 7) is 2.88. The maximum absolute atomic E-state index is 13.0. The maximum Gasteiger partial charge on any atom is 0.243 e. The number of carbonyl (C=O) groups excluding carboxylic acids is 1. The minimum absolute atomic E-state index is 0.0687. The van der Waals surface area contributed by atoms with E-state index in [0.717, 1.165) is 18.7 Å². The highest BCUT2D eigenvalue weighted by Crippen LogP contribution is 2.26. The van der Waals surface area contributed by atoms with E-state index in [2.05, 4.69) is 22.3 Å². The molecule has 9 heteroatoms. The summed E-state index contributed by atoms with van der Waals surface area (Å²) >= 11 is 0. The highest BCUT2D eigenvalue weighted by Gasteiger charge is 2.27. The van der Waals surface area contributed by atoms with Crippen LogP contribution in [0.4, 0.5) is 5.69 Å². The van der Waals surface area contributed by atoms with Crippen LogP contribution in [-0.4, -0.2) is 72.2 Å². The molecule has 8 nitrogen and oxygen atoms in total. The van der Waals surface area contributed by atoms with Gasteiger partial charge in [0.15, 0.2) is 0 Å². The van der Waals surface area contributed by atoms with Crippen LogP contribution >= 0.6 is 0 Å². The molecule has 1 heterocycles. The van der Waals surface area contributed by atoms with Gasteiger partial charge in [0, 0.05) is 45.3 Å². The van der Waals surface area contributed by atoms with E-state index >= 15 is 0 Å². The maximum atomic E-state index is 13.0. The third-order valence-electron chi connectivity index (χ3n) is 5.67. The molecule has 33 heavy (non-hydrogen) atoms. The second-order valence-electron chi connectivity index (χ2n) is 7.95. The molecule has 1 aliphatic rings. The fraction of sp³-hybridized carbons (Fsp3) is 0.458. The van der Waals surface area contributed by atoms with E-state index in [-0.39, 0.29) is 17.2 Å². The number of hydrogen-bond acceptors (Lipinski definition) is 6. The van der Waals surface area contributed by atoms with E-state index in [1.165, 1.54) is 11.4 Å². The average molecular weight is 476 g/mol. The number of sulfonamides is 1. The number of para-hydroxylation sites is 1. The Morgan fingerprint density at radius 1 is 1.15 bits per heavy atom. The molecular weight excluding hydrogens is 442 g/mol. The molecule has 1 aliphatic heterocycles. The third kappa shape index (κ3) is 6.93. The van der Waals surface area contributed by atoms with Crippen LogP contribution in [0.1, 0.15) is 18.4 Å². The van der Waals surface area contributed by atoms with E-state index in [1.807, 2.05) is 25.2 Å². The van der Waals surface area contributed by atoms with Gasteiger partial charge in [-0.2, -0.15) is 4.31 Å². The second kappa shape index (κ2) is 12.0. The summed E-state index contributed by atoms with van der Waals surface area (Å²) in [5, 5.41) is 2.95. The lowest BCUT2D eigenvalue weighted by atomic mass is 10.1. The van der Waals surface area contributed by atoms with Crippen molar-refractivity contribution in [2.24, 2.45) is 0 Å². The van der Waals surface area contributed by atoms with Gasteiger partial charge < -0.3 is 19.7 Å². The van der Waals surface area contributed by atoms with Gasteiger partial charge in [-0.3, -0.25) is 4.79 Å². The summed E-state index contributed by atoms with van der Waals surface area (Å²) in [7, 11) is -0.0351. The normalized spacial score (nSPS) is 14.6. The van der Waals surface area contributed by atoms with Crippen molar-refractivity contribution in [3.05, 3.63) is 54.1 Å². The van der Waals surface area contributed by atoms with Gasteiger partial charge in [0.2, 0.25) is 15.9 Å². The molecule has 2 aromatic carbocycles. The lowest BCUT2D eigenvalue weighted by Gasteiger charge is -2.26. The Balaban J connectivity index is 1.51. The van der Waals surface area contributed by atoms with E-state index in [1.54, 1.807) is 18.2 Å². The number of rotatable bonds is 11. The van der Waals surface area contributed by atoms with E-state index in [4.69, 9.17) is 9.47 Å². The van der Waals surface area contributed by atoms with Gasteiger partial charge in [-0.25, -0.2) is 8.42 Å². The van der Waals surface area contributed by atoms with Crippen LogP contribution in [0.3, 0.4) is 0 Å². The van der Waals surface area contributed by atoms with E-state index in [9.17, 15) is 13.2 Å². The molecule has 1 N–H and O–H groups in total. The van der Waals surface area contributed by atoms with Crippen LogP contribution in [0.5, 0.6) is 5.75 Å². The summed E-state index contributed by atoms with van der Waals surface area (Å²) in [5.74, 6) is 0.508. The number of ether oxygens (including phenoxy) is 2. The Kier molecular flexibility index (Phi) is 9.11. The topological polar surface area (TPSA) is 88.2 Å². The molecular formula is C24H33N3O5S. The minimum Gasteiger partial charge on any atom is -0.496 e. The molecule has 180 valence electrons. The van der Waals surface area contributed by atoms with Crippen molar-refractivity contribution in [1.82, 2.24) is 9.62 Å². The molecule has 0 aliphatic carbocycles. The number of amides is 1. The molecule has 1 amide bonds. The molecule has 0 radical (unpaired) electrons. The Bertz CT molecular complexity index is 1010. The number of nitrogens with zero attached hydrogens (tertiary/aromatic N) is 2. The van der Waals surface area contributed by atoms with Crippen LogP contribution in [0.25, 0.3) is 0 Å². The lowest BCUT2D eigenvalue weighted by Crippen LogP contribution is -2.40. The predicted octanol–water partition coefficient (Wildman–Crippen LogP) is 2.29. The van der Waals surface area contributed by atoms with Crippen LogP contribution in [0.15, 0.2) is 53.4 Å². The summed E-state index contributed by atoms with van der Waals surface area (Å²) in [5.41, 5.74) is 1.84. The molecule has 0 saturated carbocycles. The van der Waals surface area contributed by atoms with Crippen molar-refractivity contribution >= 4 is 21.6 Å². The molecule has 0 atom stereocenters. The molecule has 0 bridgehead atoms. The van der Waals surface area contributed by atoms with Crippen molar-refractivity contribution in [1.29, 1.82) is 0 Å². The fourth-order valence-corrected chi connectivity index (χ4v) is 5.20. The first-order valence-electron chi connectivity index (χ1n) is 11.2. The number of hydrogen-bond donors (Lipinski definition) is 1. The Morgan fingerprint density at radius 3 is 2.58 bits per heavy atom. The number of aryl methyl sites for hydroxylation is 1. The van der Waals surface area contributed by atoms with Gasteiger partial charge in [0.05, 0.1) is 25.2 Å². The number of carbonyl (C=O) groups is 1. The first kappa shape index (κ1) is 25.0. The molecule has 0 spiro atoms. The zero-order valence-corrected chi connectivity index (χ0v) is 20.1. The number of morpholine rings is 1. The van der Waals surface area contributed by atoms with Gasteiger partial charge in [-0.05, 0) is 48.7 Å². The summed E-state index contributed by atoms with van der Waals surface area (Å²) in [4.78, 5) is 14.7. The number of nitrogens with one attached hydrogen (secondary N) is 1. The standard InChI is InChI=1S/C24H33N3O5S/c1-26(21-7-4-3-5-8-21)14-6-13-25-24(28)12-9-20-19-22(10-11-23(20)31-2)33(29,30)27-15-17-32-18-16-27/h3-5,7-8,10-11,19H,6,9,12-18H2,1-2H3,(H,25,28). The zero-order valence-electron chi connectivity index (χ0n) is 19.3. The van der Waals surface area contributed by atoms with Gasteiger partial charge in [0.25, 0.3) is 0 Å². The molecule has 2 aromatic rings. The summed E-state index contributed by atoms with van der Waals surface area (Å²) in [6.07, 6.45) is 1.48. The first-order chi connectivity index (χ1) is 15.9. The van der Waals surface area contributed by atoms with E-state index < -0.39 is 10.0 Å². The Labute approximate surface area is 196 Å². The van der Waals surface area contributed by atoms with Crippen molar-refractivity contribution in [3.63, 3.8) is 0 Å². The van der Waals surface area contributed by atoms with Gasteiger partial charge in [0.1, 0.15) is 5.75 Å². The number of methoxy groups -OCH3 is 1. The summed E-state index contributed by atoms with van der Waals surface area (Å²) in [6, 6.07) is 14.9. The second-order valence-corrected chi connectivity index (χ2v) is 9.89. The van der Waals surface area contributed by atoms with Crippen LogP contribution in [0.2, 0.25) is 0 Å². The molecule has 1 fully saturated rings. The number of benzene rings is 2. The first-order valence-corrected chi connectivity index (χ1v) is 12.6. The van der Waals surface area contributed by atoms with Crippen molar-refractivity contribution in [3.8, 4) is 5.75 Å². The smallest absolute Gasteiger partial charge is 0.243 e. The monoisotopic (exact) mass is 475 g/mol. The highest BCUT2D eigenvalue weighted by molar-refractivity contribution is 7.89. The third-order valence-corrected chi connectivity index (χ3v) is 7.57. The van der Waals surface area contributed by atoms with E-state index in [0.29, 0.717) is 50.6 Å². The van der Waals surface area contributed by atoms with Crippen molar-refractivity contribution in [2.45, 2.75) is 24.2 Å². The minimum atomic E-state index is -3.60. The van der Waals surface area contributed by atoms with Crippen LogP contribution in [0, 0.1) is 0 Å². The number of anilines is 1. The molecule has 0 aromatic heterocycles. The Hall–Kier alpha value is -2.62. The van der Waals surface area contributed by atoms with Gasteiger partial charge in [-0.15, -0.1) is 0 Å². The highest BCUT2D eigenvalue weighted by atomic mass is 32.2. The van der Waals surface area contributed by atoms with Crippen molar-refractivity contribution < 1.29 is 22.7 Å². The molecule has 1 saturated heterocycles. The lowest BCUT2D eigenvalue weighted by molar-refractivity contribution is -0.121. The molecule has 3 rings (SSSR count). The summed E-state index contributed by atoms with van der Waals surface area (Å²) < 4.78 is 38.0. The SMILES string of the molecule is COc1ccc(S(=O)(=O)N2CCOCC2)cc1CCC(=O)NCCCN(C)c1ccccc1. The fourth-order valence-electron chi connectivity index (χ4n) is 3.74. The van der Waals surface area contributed by atoms with Crippen LogP contribution in [-0.2, 0) is 26.0 Å². The Morgan fingerprint density at radius 2 is 1.88 bits per heavy atom. The quantitative estimate of drug-likeness (QED) is 0.502.